The molecule has 3 heteroatoms. The van der Waals surface area contributed by atoms with E-state index in [-0.39, 0.29) is 11.8 Å². The molecular formula is C17H22N2O. The monoisotopic (exact) mass is 270 g/mol. The minimum atomic E-state index is -0.330. The van der Waals surface area contributed by atoms with Crippen LogP contribution in [0, 0.1) is 5.92 Å². The molecule has 2 rings (SSSR count). The molecule has 0 radical (unpaired) electrons. The molecule has 0 saturated heterocycles. The Labute approximate surface area is 120 Å². The number of benzene rings is 1. The van der Waals surface area contributed by atoms with Crippen molar-refractivity contribution in [1.82, 2.24) is 0 Å². The highest BCUT2D eigenvalue weighted by atomic mass is 16.1. The predicted molar refractivity (Wildman–Crippen MR) is 84.0 cm³/mol. The number of hydrogen-bond acceptors (Lipinski definition) is 2. The molecule has 1 amide bonds. The number of rotatable bonds is 5. The van der Waals surface area contributed by atoms with E-state index in [1.165, 1.54) is 0 Å². The quantitative estimate of drug-likeness (QED) is 0.867. The number of fused-ring (bicyclic) bond motifs is 1. The van der Waals surface area contributed by atoms with Crippen LogP contribution in [-0.4, -0.2) is 11.6 Å². The summed E-state index contributed by atoms with van der Waals surface area (Å²) in [6.07, 6.45) is 5.77. The zero-order valence-electron chi connectivity index (χ0n) is 12.2. The SMILES string of the molecule is CCCC1=Nc2ccccc2C=C(C(N)=O)C1CCC. The second-order valence-electron chi connectivity index (χ2n) is 5.22. The Balaban J connectivity index is 2.57. The summed E-state index contributed by atoms with van der Waals surface area (Å²) in [6.45, 7) is 4.26. The predicted octanol–water partition coefficient (Wildman–Crippen LogP) is 3.86. The maximum Gasteiger partial charge on any atom is 0.245 e. The van der Waals surface area contributed by atoms with Gasteiger partial charge in [0, 0.05) is 22.8 Å². The van der Waals surface area contributed by atoms with Crippen molar-refractivity contribution in [2.75, 3.05) is 0 Å². The number of nitrogens with two attached hydrogens (primary N) is 1. The van der Waals surface area contributed by atoms with Gasteiger partial charge in [0.15, 0.2) is 0 Å². The molecular weight excluding hydrogens is 248 g/mol. The van der Waals surface area contributed by atoms with Crippen LogP contribution in [0.25, 0.3) is 6.08 Å². The van der Waals surface area contributed by atoms with Crippen molar-refractivity contribution in [2.45, 2.75) is 39.5 Å². The van der Waals surface area contributed by atoms with Gasteiger partial charge in [-0.3, -0.25) is 9.79 Å². The van der Waals surface area contributed by atoms with Crippen LogP contribution < -0.4 is 5.73 Å². The van der Waals surface area contributed by atoms with Crippen LogP contribution >= 0.6 is 0 Å². The molecule has 0 aromatic heterocycles. The fraction of sp³-hybridized carbons (Fsp3) is 0.412. The summed E-state index contributed by atoms with van der Waals surface area (Å²) in [4.78, 5) is 16.7. The Morgan fingerprint density at radius 3 is 2.65 bits per heavy atom. The van der Waals surface area contributed by atoms with Crippen molar-refractivity contribution < 1.29 is 4.79 Å². The van der Waals surface area contributed by atoms with E-state index in [4.69, 9.17) is 10.7 Å². The Kier molecular flexibility index (Phi) is 4.72. The number of amides is 1. The molecule has 1 atom stereocenters. The number of nitrogens with zero attached hydrogens (tertiary/aromatic N) is 1. The normalized spacial score (nSPS) is 17.8. The number of para-hydroxylation sites is 1. The first kappa shape index (κ1) is 14.5. The van der Waals surface area contributed by atoms with Crippen molar-refractivity contribution in [2.24, 2.45) is 16.6 Å². The lowest BCUT2D eigenvalue weighted by molar-refractivity contribution is -0.114. The Bertz CT molecular complexity index is 558. The van der Waals surface area contributed by atoms with Crippen LogP contribution in [0.2, 0.25) is 0 Å². The van der Waals surface area contributed by atoms with E-state index in [0.29, 0.717) is 5.57 Å². The average Bonchev–Trinajstić information content (AvgIpc) is 2.58. The van der Waals surface area contributed by atoms with Gasteiger partial charge in [-0.2, -0.15) is 0 Å². The van der Waals surface area contributed by atoms with Crippen molar-refractivity contribution in [3.05, 3.63) is 35.4 Å². The standard InChI is InChI=1S/C17H22N2O/c1-3-7-13-14(17(18)20)11-12-9-5-6-10-15(12)19-16(13)8-4-2/h5-6,9-11,13H,3-4,7-8H2,1-2H3,(H2,18,20). The Morgan fingerprint density at radius 2 is 2.00 bits per heavy atom. The first-order valence-electron chi connectivity index (χ1n) is 7.35. The van der Waals surface area contributed by atoms with E-state index < -0.39 is 0 Å². The lowest BCUT2D eigenvalue weighted by Crippen LogP contribution is -2.25. The summed E-state index contributed by atoms with van der Waals surface area (Å²) >= 11 is 0. The third kappa shape index (κ3) is 2.98. The van der Waals surface area contributed by atoms with Crippen LogP contribution in [0.1, 0.15) is 45.1 Å². The topological polar surface area (TPSA) is 55.4 Å². The smallest absolute Gasteiger partial charge is 0.245 e. The third-order valence-corrected chi connectivity index (χ3v) is 3.66. The summed E-state index contributed by atoms with van der Waals surface area (Å²) in [5, 5.41) is 0. The van der Waals surface area contributed by atoms with E-state index in [9.17, 15) is 4.79 Å². The minimum Gasteiger partial charge on any atom is -0.366 e. The van der Waals surface area contributed by atoms with Crippen LogP contribution in [0.5, 0.6) is 0 Å². The average molecular weight is 270 g/mol. The van der Waals surface area contributed by atoms with Gasteiger partial charge >= 0.3 is 0 Å². The summed E-state index contributed by atoms with van der Waals surface area (Å²) in [7, 11) is 0. The van der Waals surface area contributed by atoms with Crippen LogP contribution in [0.15, 0.2) is 34.8 Å². The zero-order chi connectivity index (χ0) is 14.5. The van der Waals surface area contributed by atoms with Gasteiger partial charge in [-0.25, -0.2) is 0 Å². The molecule has 1 aliphatic heterocycles. The molecule has 1 aromatic carbocycles. The lowest BCUT2D eigenvalue weighted by Gasteiger charge is -2.18. The van der Waals surface area contributed by atoms with Gasteiger partial charge in [-0.1, -0.05) is 44.9 Å². The second kappa shape index (κ2) is 6.51. The molecule has 1 unspecified atom stereocenters. The minimum absolute atomic E-state index is 0.0600. The molecule has 106 valence electrons. The van der Waals surface area contributed by atoms with Gasteiger partial charge in [0.2, 0.25) is 5.91 Å². The molecule has 0 bridgehead atoms. The van der Waals surface area contributed by atoms with Crippen molar-refractivity contribution in [1.29, 1.82) is 0 Å². The molecule has 1 aromatic rings. The van der Waals surface area contributed by atoms with Gasteiger partial charge in [-0.05, 0) is 25.0 Å². The van der Waals surface area contributed by atoms with E-state index in [2.05, 4.69) is 13.8 Å². The van der Waals surface area contributed by atoms with E-state index in [1.54, 1.807) is 0 Å². The maximum absolute atomic E-state index is 11.9. The highest BCUT2D eigenvalue weighted by Crippen LogP contribution is 2.32. The first-order chi connectivity index (χ1) is 9.67. The highest BCUT2D eigenvalue weighted by molar-refractivity contribution is 6.07. The summed E-state index contributed by atoms with van der Waals surface area (Å²) in [6, 6.07) is 7.92. The number of aliphatic imine (C=N–C) groups is 1. The number of carbonyl (C=O) groups is 1. The fourth-order valence-electron chi connectivity index (χ4n) is 2.73. The third-order valence-electron chi connectivity index (χ3n) is 3.66. The largest absolute Gasteiger partial charge is 0.366 e. The first-order valence-corrected chi connectivity index (χ1v) is 7.35. The molecule has 3 nitrogen and oxygen atoms in total. The number of carbonyl (C=O) groups excluding carboxylic acids is 1. The number of hydrogen-bond donors (Lipinski definition) is 1. The summed E-state index contributed by atoms with van der Waals surface area (Å²) in [5.74, 6) is -0.270. The lowest BCUT2D eigenvalue weighted by atomic mass is 9.86. The van der Waals surface area contributed by atoms with Gasteiger partial charge in [0.05, 0.1) is 5.69 Å². The maximum atomic E-state index is 11.9. The Morgan fingerprint density at radius 1 is 1.25 bits per heavy atom. The van der Waals surface area contributed by atoms with Crippen molar-refractivity contribution in [3.8, 4) is 0 Å². The van der Waals surface area contributed by atoms with E-state index >= 15 is 0 Å². The molecule has 1 aliphatic rings. The van der Waals surface area contributed by atoms with Crippen molar-refractivity contribution >= 4 is 23.4 Å². The number of primary amides is 1. The van der Waals surface area contributed by atoms with Gasteiger partial charge in [-0.15, -0.1) is 0 Å². The molecule has 0 saturated carbocycles. The molecule has 20 heavy (non-hydrogen) atoms. The Hall–Kier alpha value is -1.90. The second-order valence-corrected chi connectivity index (χ2v) is 5.22. The van der Waals surface area contributed by atoms with E-state index in [0.717, 1.165) is 42.6 Å². The van der Waals surface area contributed by atoms with Crippen LogP contribution in [-0.2, 0) is 4.79 Å². The van der Waals surface area contributed by atoms with E-state index in [1.807, 2.05) is 30.3 Å². The van der Waals surface area contributed by atoms with Crippen LogP contribution in [0.4, 0.5) is 5.69 Å². The van der Waals surface area contributed by atoms with Crippen LogP contribution in [0.3, 0.4) is 0 Å². The fourth-order valence-corrected chi connectivity index (χ4v) is 2.73. The van der Waals surface area contributed by atoms with Gasteiger partial charge in [0.25, 0.3) is 0 Å². The summed E-state index contributed by atoms with van der Waals surface area (Å²) < 4.78 is 0. The molecule has 0 aliphatic carbocycles. The van der Waals surface area contributed by atoms with Gasteiger partial charge < -0.3 is 5.73 Å². The summed E-state index contributed by atoms with van der Waals surface area (Å²) in [5.41, 5.74) is 9.31. The molecule has 0 spiro atoms. The van der Waals surface area contributed by atoms with Gasteiger partial charge in [0.1, 0.15) is 0 Å². The van der Waals surface area contributed by atoms with Crippen molar-refractivity contribution in [3.63, 3.8) is 0 Å². The highest BCUT2D eigenvalue weighted by Gasteiger charge is 2.25. The molecule has 0 fully saturated rings. The zero-order valence-corrected chi connectivity index (χ0v) is 12.2. The molecule has 1 heterocycles. The molecule has 2 N–H and O–H groups in total.